The molecule has 0 radical (unpaired) electrons. The Morgan fingerprint density at radius 2 is 2.26 bits per heavy atom. The van der Waals surface area contributed by atoms with Crippen LogP contribution in [-0.4, -0.2) is 17.4 Å². The fraction of sp³-hybridized carbons (Fsp3) is 0.714. The first kappa shape index (κ1) is 16.1. The molecule has 2 atom stereocenters. The van der Waals surface area contributed by atoms with Crippen LogP contribution in [0.15, 0.2) is 6.20 Å². The third-order valence-corrected chi connectivity index (χ3v) is 4.41. The second-order valence-corrected chi connectivity index (χ2v) is 6.26. The molecule has 3 N–H and O–H groups in total. The van der Waals surface area contributed by atoms with Gasteiger partial charge in [0.1, 0.15) is 5.01 Å². The van der Waals surface area contributed by atoms with Crippen molar-refractivity contribution < 1.29 is 4.79 Å². The molecular weight excluding hydrogens is 258 g/mol. The summed E-state index contributed by atoms with van der Waals surface area (Å²) in [5.74, 6) is 0.670. The topological polar surface area (TPSA) is 68.0 Å². The van der Waals surface area contributed by atoms with E-state index in [9.17, 15) is 4.79 Å². The zero-order valence-electron chi connectivity index (χ0n) is 12.1. The summed E-state index contributed by atoms with van der Waals surface area (Å²) in [5.41, 5.74) is 5.56. The predicted octanol–water partition coefficient (Wildman–Crippen LogP) is 2.78. The number of nitrogens with zero attached hydrogens (tertiary/aromatic N) is 1. The zero-order chi connectivity index (χ0) is 14.3. The van der Waals surface area contributed by atoms with Crippen molar-refractivity contribution in [2.24, 2.45) is 11.7 Å². The number of carbonyl (C=O) groups excluding carboxylic acids is 1. The first-order chi connectivity index (χ1) is 9.06. The van der Waals surface area contributed by atoms with Crippen LogP contribution in [0.2, 0.25) is 0 Å². The summed E-state index contributed by atoms with van der Waals surface area (Å²) in [4.78, 5) is 17.4. The Morgan fingerprint density at radius 3 is 2.79 bits per heavy atom. The summed E-state index contributed by atoms with van der Waals surface area (Å²) in [6.07, 6.45) is 5.43. The number of aryl methyl sites for hydroxylation is 1. The van der Waals surface area contributed by atoms with Crippen LogP contribution in [0.1, 0.15) is 55.5 Å². The molecule has 19 heavy (non-hydrogen) atoms. The van der Waals surface area contributed by atoms with Crippen molar-refractivity contribution in [1.82, 2.24) is 10.3 Å². The Balaban J connectivity index is 2.34. The maximum absolute atomic E-state index is 11.9. The minimum atomic E-state index is 0.000727. The SMILES string of the molecule is CCC(CCN)CCC(=O)NC(C)c1ncc(C)s1. The molecule has 1 aromatic heterocycles. The highest BCUT2D eigenvalue weighted by Crippen LogP contribution is 2.19. The van der Waals surface area contributed by atoms with Gasteiger partial charge in [0.15, 0.2) is 0 Å². The van der Waals surface area contributed by atoms with E-state index in [2.05, 4.69) is 17.2 Å². The van der Waals surface area contributed by atoms with E-state index in [1.54, 1.807) is 11.3 Å². The number of nitrogens with two attached hydrogens (primary N) is 1. The number of hydrogen-bond donors (Lipinski definition) is 2. The van der Waals surface area contributed by atoms with Crippen molar-refractivity contribution >= 4 is 17.2 Å². The van der Waals surface area contributed by atoms with Crippen LogP contribution < -0.4 is 11.1 Å². The van der Waals surface area contributed by atoms with Crippen LogP contribution >= 0.6 is 11.3 Å². The Morgan fingerprint density at radius 1 is 1.53 bits per heavy atom. The Kier molecular flexibility index (Phi) is 7.02. The van der Waals surface area contributed by atoms with Gasteiger partial charge in [-0.15, -0.1) is 11.3 Å². The molecule has 0 bridgehead atoms. The van der Waals surface area contributed by atoms with Crippen LogP contribution in [0, 0.1) is 12.8 Å². The van der Waals surface area contributed by atoms with Gasteiger partial charge in [-0.2, -0.15) is 0 Å². The van der Waals surface area contributed by atoms with E-state index in [1.807, 2.05) is 20.0 Å². The lowest BCUT2D eigenvalue weighted by molar-refractivity contribution is -0.122. The molecule has 1 amide bonds. The van der Waals surface area contributed by atoms with Gasteiger partial charge in [0.25, 0.3) is 0 Å². The molecule has 0 saturated carbocycles. The number of carbonyl (C=O) groups is 1. The van der Waals surface area contributed by atoms with Crippen molar-refractivity contribution in [3.8, 4) is 0 Å². The van der Waals surface area contributed by atoms with Gasteiger partial charge in [-0.3, -0.25) is 4.79 Å². The molecule has 0 aliphatic rings. The molecule has 1 heterocycles. The minimum Gasteiger partial charge on any atom is -0.347 e. The lowest BCUT2D eigenvalue weighted by Crippen LogP contribution is -2.27. The van der Waals surface area contributed by atoms with E-state index < -0.39 is 0 Å². The Bertz CT molecular complexity index is 392. The molecule has 0 aliphatic heterocycles. The molecule has 108 valence electrons. The van der Waals surface area contributed by atoms with Gasteiger partial charge in [-0.05, 0) is 39.2 Å². The fourth-order valence-corrected chi connectivity index (χ4v) is 2.85. The number of amides is 1. The quantitative estimate of drug-likeness (QED) is 0.771. The summed E-state index contributed by atoms with van der Waals surface area (Å²) in [7, 11) is 0. The van der Waals surface area contributed by atoms with E-state index in [4.69, 9.17) is 5.73 Å². The van der Waals surface area contributed by atoms with E-state index in [0.29, 0.717) is 18.9 Å². The standard InChI is InChI=1S/C14H25N3OS/c1-4-12(7-8-15)5-6-13(18)17-11(3)14-16-9-10(2)19-14/h9,11-12H,4-8,15H2,1-3H3,(H,17,18). The molecule has 0 fully saturated rings. The number of thiazole rings is 1. The smallest absolute Gasteiger partial charge is 0.220 e. The van der Waals surface area contributed by atoms with Gasteiger partial charge in [0, 0.05) is 17.5 Å². The highest BCUT2D eigenvalue weighted by molar-refractivity contribution is 7.11. The Hall–Kier alpha value is -0.940. The van der Waals surface area contributed by atoms with Crippen LogP contribution in [0.25, 0.3) is 0 Å². The minimum absolute atomic E-state index is 0.000727. The number of aromatic nitrogens is 1. The average molecular weight is 283 g/mol. The molecule has 1 aromatic rings. The first-order valence-electron chi connectivity index (χ1n) is 6.98. The maximum atomic E-state index is 11.9. The van der Waals surface area contributed by atoms with Gasteiger partial charge in [-0.25, -0.2) is 4.98 Å². The molecule has 4 nitrogen and oxygen atoms in total. The molecule has 0 saturated heterocycles. The van der Waals surface area contributed by atoms with Crippen molar-refractivity contribution in [2.45, 2.75) is 52.5 Å². The van der Waals surface area contributed by atoms with Crippen molar-refractivity contribution in [1.29, 1.82) is 0 Å². The normalized spacial score (nSPS) is 14.1. The fourth-order valence-electron chi connectivity index (χ4n) is 2.07. The second kappa shape index (κ2) is 8.27. The molecular formula is C14H25N3OS. The van der Waals surface area contributed by atoms with Gasteiger partial charge < -0.3 is 11.1 Å². The third-order valence-electron chi connectivity index (χ3n) is 3.32. The summed E-state index contributed by atoms with van der Waals surface area (Å²) in [6.45, 7) is 6.86. The van der Waals surface area contributed by atoms with Crippen molar-refractivity contribution in [2.75, 3.05) is 6.54 Å². The summed E-state index contributed by atoms with van der Waals surface area (Å²) in [5, 5.41) is 3.98. The Labute approximate surface area is 119 Å². The third kappa shape index (κ3) is 5.70. The maximum Gasteiger partial charge on any atom is 0.220 e. The second-order valence-electron chi connectivity index (χ2n) is 4.99. The zero-order valence-corrected chi connectivity index (χ0v) is 12.9. The van der Waals surface area contributed by atoms with E-state index >= 15 is 0 Å². The van der Waals surface area contributed by atoms with Gasteiger partial charge in [-0.1, -0.05) is 13.3 Å². The largest absolute Gasteiger partial charge is 0.347 e. The van der Waals surface area contributed by atoms with Crippen molar-refractivity contribution in [3.63, 3.8) is 0 Å². The molecule has 5 heteroatoms. The lowest BCUT2D eigenvalue weighted by Gasteiger charge is -2.15. The first-order valence-corrected chi connectivity index (χ1v) is 7.80. The van der Waals surface area contributed by atoms with Gasteiger partial charge >= 0.3 is 0 Å². The molecule has 0 aromatic carbocycles. The van der Waals surface area contributed by atoms with Crippen molar-refractivity contribution in [3.05, 3.63) is 16.1 Å². The number of rotatable bonds is 8. The molecule has 0 aliphatic carbocycles. The summed E-state index contributed by atoms with van der Waals surface area (Å²) >= 11 is 1.63. The van der Waals surface area contributed by atoms with Crippen LogP contribution in [0.5, 0.6) is 0 Å². The van der Waals surface area contributed by atoms with E-state index in [1.165, 1.54) is 4.88 Å². The molecule has 1 rings (SSSR count). The van der Waals surface area contributed by atoms with Crippen LogP contribution in [0.4, 0.5) is 0 Å². The number of hydrogen-bond acceptors (Lipinski definition) is 4. The van der Waals surface area contributed by atoms with E-state index in [-0.39, 0.29) is 11.9 Å². The summed E-state index contributed by atoms with van der Waals surface area (Å²) in [6, 6.07) is 0.000727. The molecule has 0 spiro atoms. The molecule has 2 unspecified atom stereocenters. The van der Waals surface area contributed by atoms with Crippen LogP contribution in [0.3, 0.4) is 0 Å². The van der Waals surface area contributed by atoms with E-state index in [0.717, 1.165) is 24.3 Å². The highest BCUT2D eigenvalue weighted by atomic mass is 32.1. The summed E-state index contributed by atoms with van der Waals surface area (Å²) < 4.78 is 0. The lowest BCUT2D eigenvalue weighted by atomic mass is 9.96. The monoisotopic (exact) mass is 283 g/mol. The highest BCUT2D eigenvalue weighted by Gasteiger charge is 2.14. The van der Waals surface area contributed by atoms with Gasteiger partial charge in [0.05, 0.1) is 6.04 Å². The van der Waals surface area contributed by atoms with Crippen LogP contribution in [-0.2, 0) is 4.79 Å². The predicted molar refractivity (Wildman–Crippen MR) is 80.1 cm³/mol. The number of nitrogens with one attached hydrogen (secondary N) is 1. The average Bonchev–Trinajstić information content (AvgIpc) is 2.81. The van der Waals surface area contributed by atoms with Gasteiger partial charge in [0.2, 0.25) is 5.91 Å².